The Morgan fingerprint density at radius 1 is 1.16 bits per heavy atom. The summed E-state index contributed by atoms with van der Waals surface area (Å²) < 4.78 is 52.0. The highest BCUT2D eigenvalue weighted by Gasteiger charge is 2.66. The number of nitrogens with one attached hydrogen (secondary N) is 1. The topological polar surface area (TPSA) is 299 Å². The van der Waals surface area contributed by atoms with E-state index in [0.29, 0.717) is 0 Å². The number of nitrogens with zero attached hydrogens (tertiary/aromatic N) is 3. The van der Waals surface area contributed by atoms with Crippen molar-refractivity contribution in [3.05, 3.63) is 16.2 Å². The molecule has 1 saturated heterocycles. The van der Waals surface area contributed by atoms with Crippen LogP contribution in [0.25, 0.3) is 11.2 Å². The molecule has 2 aliphatic rings. The molecule has 22 heteroatoms. The van der Waals surface area contributed by atoms with Gasteiger partial charge in [0.25, 0.3) is 5.56 Å². The van der Waals surface area contributed by atoms with Crippen LogP contribution in [0.1, 0.15) is 12.1 Å². The summed E-state index contributed by atoms with van der Waals surface area (Å²) >= 11 is 0. The van der Waals surface area contributed by atoms with E-state index in [2.05, 4.69) is 28.1 Å². The van der Waals surface area contributed by atoms with E-state index in [1.54, 1.807) is 0 Å². The van der Waals surface area contributed by atoms with Gasteiger partial charge < -0.3 is 40.3 Å². The van der Waals surface area contributed by atoms with Crippen LogP contribution < -0.4 is 11.3 Å². The average Bonchev–Trinajstić information content (AvgIpc) is 3.15. The Morgan fingerprint density at radius 2 is 1.81 bits per heavy atom. The van der Waals surface area contributed by atoms with Crippen LogP contribution >= 0.6 is 23.5 Å². The molecular weight excluding hydrogens is 507 g/mol. The van der Waals surface area contributed by atoms with Crippen molar-refractivity contribution in [2.45, 2.75) is 24.0 Å². The van der Waals surface area contributed by atoms with E-state index < -0.39 is 59.7 Å². The molecule has 2 aliphatic heterocycles. The number of rotatable bonds is 7. The number of phosphoric acid groups is 3. The minimum absolute atomic E-state index is 0.118. The third-order valence-electron chi connectivity index (χ3n) is 4.50. The zero-order chi connectivity index (χ0) is 23.9. The summed E-state index contributed by atoms with van der Waals surface area (Å²) in [7, 11) is -16.8. The molecule has 4 heterocycles. The fraction of sp³-hybridized carbons (Fsp3) is 0.500. The highest BCUT2D eigenvalue weighted by molar-refractivity contribution is 7.66. The van der Waals surface area contributed by atoms with Gasteiger partial charge in [-0.1, -0.05) is 0 Å². The Labute approximate surface area is 174 Å². The summed E-state index contributed by atoms with van der Waals surface area (Å²) in [6.45, 7) is -1.05. The lowest BCUT2D eigenvalue weighted by Crippen LogP contribution is -2.45. The second kappa shape index (κ2) is 7.22. The van der Waals surface area contributed by atoms with Crippen LogP contribution in [0.5, 0.6) is 0 Å². The predicted octanol–water partition coefficient (Wildman–Crippen LogP) is -2.50. The second-order valence-corrected chi connectivity index (χ2v) is 11.0. The summed E-state index contributed by atoms with van der Waals surface area (Å²) in [5.41, 5.74) is 1.98. The first kappa shape index (κ1) is 23.6. The zero-order valence-electron chi connectivity index (χ0n) is 15.1. The number of aromatic amines is 1. The minimum Gasteiger partial charge on any atom is -0.385 e. The fourth-order valence-electron chi connectivity index (χ4n) is 3.39. The molecule has 2 aromatic rings. The Hall–Kier alpha value is -1.56. The maximum Gasteiger partial charge on any atom is 0.490 e. The fourth-order valence-corrected chi connectivity index (χ4v) is 6.41. The van der Waals surface area contributed by atoms with Crippen LogP contribution in [0.3, 0.4) is 0 Å². The Balaban J connectivity index is 1.57. The lowest BCUT2D eigenvalue weighted by molar-refractivity contribution is -0.114. The van der Waals surface area contributed by atoms with Crippen molar-refractivity contribution in [2.24, 2.45) is 0 Å². The van der Waals surface area contributed by atoms with E-state index in [-0.39, 0.29) is 22.9 Å². The number of nitrogen functional groups attached to an aromatic ring is 1. The number of hydrogen-bond acceptors (Lipinski definition) is 13. The average molecular weight is 521 g/mol. The number of fused-ring (bicyclic) bond motifs is 7. The van der Waals surface area contributed by atoms with Crippen LogP contribution in [0.15, 0.2) is 4.79 Å². The van der Waals surface area contributed by atoms with E-state index in [9.17, 15) is 33.6 Å². The summed E-state index contributed by atoms with van der Waals surface area (Å²) in [5, 5.41) is 21.4. The van der Waals surface area contributed by atoms with E-state index in [1.165, 1.54) is 0 Å². The maximum absolute atomic E-state index is 12.0. The smallest absolute Gasteiger partial charge is 0.385 e. The molecule has 0 saturated carbocycles. The van der Waals surface area contributed by atoms with Gasteiger partial charge >= 0.3 is 23.5 Å². The lowest BCUT2D eigenvalue weighted by Gasteiger charge is -2.29. The Morgan fingerprint density at radius 3 is 2.44 bits per heavy atom. The quantitative estimate of drug-likeness (QED) is 0.175. The Bertz CT molecular complexity index is 1300. The van der Waals surface area contributed by atoms with E-state index in [0.717, 1.165) is 4.57 Å². The maximum atomic E-state index is 12.0. The van der Waals surface area contributed by atoms with Gasteiger partial charge in [-0.3, -0.25) is 18.9 Å². The molecule has 0 amide bonds. The number of ether oxygens (including phenoxy) is 1. The predicted molar refractivity (Wildman–Crippen MR) is 96.2 cm³/mol. The molecule has 6 atom stereocenters. The second-order valence-electron chi connectivity index (χ2n) is 6.60. The summed E-state index contributed by atoms with van der Waals surface area (Å²) in [5.74, 6) is -0.585. The molecule has 0 spiro atoms. The van der Waals surface area contributed by atoms with Crippen LogP contribution in [0.4, 0.5) is 5.95 Å². The molecule has 2 unspecified atom stereocenters. The van der Waals surface area contributed by atoms with Crippen molar-refractivity contribution in [3.8, 4) is 0 Å². The molecule has 0 aromatic carbocycles. The van der Waals surface area contributed by atoms with Gasteiger partial charge in [0.1, 0.15) is 12.2 Å². The molecule has 4 rings (SSSR count). The highest BCUT2D eigenvalue weighted by Crippen LogP contribution is 2.66. The van der Waals surface area contributed by atoms with Gasteiger partial charge in [0.2, 0.25) is 5.95 Å². The standard InChI is InChI=1S/C10H14N5O14P3/c11-9-13-5-3(6(17)14-9)12-8-10(18)2(27-7(4(10)16)15(5)8)1-26-31(22,23)29-32(24,25)28-30(19,20)21/h2,4,7,16,18H,1H2,(H,22,23)(H,24,25)(H2,19,20,21)(H3,11,13,14,17)/t2-,4+,7-,10-/m1/s1. The van der Waals surface area contributed by atoms with E-state index in [1.807, 2.05) is 0 Å². The number of aromatic nitrogens is 4. The van der Waals surface area contributed by atoms with Crippen molar-refractivity contribution in [1.29, 1.82) is 0 Å². The van der Waals surface area contributed by atoms with E-state index >= 15 is 0 Å². The van der Waals surface area contributed by atoms with Crippen molar-refractivity contribution >= 4 is 40.6 Å². The molecule has 178 valence electrons. The number of aliphatic hydroxyl groups is 2. The molecular formula is C10H14N5O14P3. The third kappa shape index (κ3) is 3.86. The molecule has 0 radical (unpaired) electrons. The van der Waals surface area contributed by atoms with Crippen molar-refractivity contribution in [1.82, 2.24) is 19.5 Å². The van der Waals surface area contributed by atoms with Crippen molar-refractivity contribution in [3.63, 3.8) is 0 Å². The first-order chi connectivity index (χ1) is 14.5. The van der Waals surface area contributed by atoms with Crippen LogP contribution in [0, 0.1) is 0 Å². The van der Waals surface area contributed by atoms with Gasteiger partial charge in [-0.05, 0) is 0 Å². The number of H-pyrrole nitrogens is 1. The van der Waals surface area contributed by atoms with Crippen LogP contribution in [-0.4, -0.2) is 68.1 Å². The molecule has 19 nitrogen and oxygen atoms in total. The number of hydrogen-bond donors (Lipinski definition) is 8. The number of nitrogens with two attached hydrogens (primary N) is 1. The molecule has 0 aliphatic carbocycles. The molecule has 9 N–H and O–H groups in total. The largest absolute Gasteiger partial charge is 0.490 e. The summed E-state index contributed by atoms with van der Waals surface area (Å²) in [4.78, 5) is 57.8. The first-order valence-electron chi connectivity index (χ1n) is 8.16. The van der Waals surface area contributed by atoms with Gasteiger partial charge in [0, 0.05) is 0 Å². The minimum atomic E-state index is -5.75. The molecule has 32 heavy (non-hydrogen) atoms. The van der Waals surface area contributed by atoms with Crippen molar-refractivity contribution < 1.29 is 61.4 Å². The number of aliphatic hydroxyl groups excluding tert-OH is 1. The first-order valence-corrected chi connectivity index (χ1v) is 12.7. The van der Waals surface area contributed by atoms with Gasteiger partial charge in [-0.15, -0.1) is 0 Å². The van der Waals surface area contributed by atoms with Gasteiger partial charge in [0.15, 0.2) is 28.8 Å². The van der Waals surface area contributed by atoms with Gasteiger partial charge in [0.05, 0.1) is 6.61 Å². The monoisotopic (exact) mass is 521 g/mol. The van der Waals surface area contributed by atoms with Crippen LogP contribution in [0.2, 0.25) is 0 Å². The SMILES string of the molecule is Nc1nc2c(nc3n2[C@@H]2O[C@H](COP(=O)(O)OP(=O)(O)OP(=O)(O)O)[C@@]3(O)[C@H]2O)c(=O)[nH]1. The zero-order valence-corrected chi connectivity index (χ0v) is 17.8. The normalized spacial score (nSPS) is 30.9. The van der Waals surface area contributed by atoms with Crippen molar-refractivity contribution in [2.75, 3.05) is 12.3 Å². The molecule has 2 bridgehead atoms. The summed E-state index contributed by atoms with van der Waals surface area (Å²) in [6.07, 6.45) is -4.69. The number of phosphoric ester groups is 1. The number of imidazole rings is 1. The van der Waals surface area contributed by atoms with Crippen LogP contribution in [-0.2, 0) is 37.2 Å². The summed E-state index contributed by atoms with van der Waals surface area (Å²) in [6, 6.07) is 0. The number of anilines is 1. The van der Waals surface area contributed by atoms with Gasteiger partial charge in [-0.25, -0.2) is 18.7 Å². The van der Waals surface area contributed by atoms with Gasteiger partial charge in [-0.2, -0.15) is 13.6 Å². The lowest BCUT2D eigenvalue weighted by atomic mass is 9.94. The highest BCUT2D eigenvalue weighted by atomic mass is 31.3. The van der Waals surface area contributed by atoms with E-state index in [4.69, 9.17) is 25.2 Å². The third-order valence-corrected chi connectivity index (χ3v) is 8.30. The molecule has 1 fully saturated rings. The molecule has 2 aromatic heterocycles. The Kier molecular flexibility index (Phi) is 5.32.